The predicted molar refractivity (Wildman–Crippen MR) is 103 cm³/mol. The zero-order valence-corrected chi connectivity index (χ0v) is 16.8. The lowest BCUT2D eigenvalue weighted by Gasteiger charge is -2.12. The second-order valence-electron chi connectivity index (χ2n) is 6.47. The Hall–Kier alpha value is -2.18. The normalized spacial score (nSPS) is 11.9. The first-order chi connectivity index (χ1) is 13.0. The van der Waals surface area contributed by atoms with Gasteiger partial charge in [-0.05, 0) is 48.4 Å². The van der Waals surface area contributed by atoms with Gasteiger partial charge < -0.3 is 9.30 Å². The summed E-state index contributed by atoms with van der Waals surface area (Å²) < 4.78 is 45.9. The number of aromatic nitrogens is 1. The van der Waals surface area contributed by atoms with Crippen LogP contribution in [0.4, 0.5) is 13.2 Å². The molecule has 3 rings (SSSR count). The minimum absolute atomic E-state index is 0.164. The highest BCUT2D eigenvalue weighted by molar-refractivity contribution is 6.38. The molecule has 0 unspecified atom stereocenters. The maximum Gasteiger partial charge on any atom is 0.416 e. The molecule has 0 saturated heterocycles. The molecule has 0 amide bonds. The van der Waals surface area contributed by atoms with Crippen LogP contribution in [0.15, 0.2) is 30.3 Å². The van der Waals surface area contributed by atoms with Crippen molar-refractivity contribution in [1.82, 2.24) is 4.57 Å². The van der Waals surface area contributed by atoms with Gasteiger partial charge in [0.2, 0.25) is 0 Å². The molecule has 1 heterocycles. The summed E-state index contributed by atoms with van der Waals surface area (Å²) in [6.45, 7) is 1.64. The molecule has 2 aromatic carbocycles. The Balaban J connectivity index is 2.13. The summed E-state index contributed by atoms with van der Waals surface area (Å²) >= 11 is 12.6. The first kappa shape index (κ1) is 20.6. The summed E-state index contributed by atoms with van der Waals surface area (Å²) in [5, 5.41) is 1.23. The fraction of sp³-hybridized carbons (Fsp3) is 0.250. The highest BCUT2D eigenvalue weighted by Crippen LogP contribution is 2.36. The van der Waals surface area contributed by atoms with Crippen LogP contribution in [0.25, 0.3) is 10.9 Å². The number of benzene rings is 2. The van der Waals surface area contributed by atoms with Crippen LogP contribution < -0.4 is 0 Å². The first-order valence-electron chi connectivity index (χ1n) is 8.26. The van der Waals surface area contributed by atoms with E-state index in [9.17, 15) is 18.0 Å². The smallest absolute Gasteiger partial charge is 0.416 e. The highest BCUT2D eigenvalue weighted by Gasteiger charge is 2.31. The van der Waals surface area contributed by atoms with Crippen molar-refractivity contribution in [3.63, 3.8) is 0 Å². The molecule has 28 heavy (non-hydrogen) atoms. The molecule has 0 aliphatic carbocycles. The third-order valence-corrected chi connectivity index (χ3v) is 5.53. The Labute approximate surface area is 169 Å². The van der Waals surface area contributed by atoms with Crippen LogP contribution >= 0.6 is 23.2 Å². The first-order valence-corrected chi connectivity index (χ1v) is 9.01. The molecule has 3 nitrogen and oxygen atoms in total. The summed E-state index contributed by atoms with van der Waals surface area (Å²) in [6, 6.07) is 7.08. The van der Waals surface area contributed by atoms with E-state index in [4.69, 9.17) is 27.9 Å². The standard InChI is InChI=1S/C20H16Cl2F3NO2/c1-10-6-11(20(23,24)25)7-17-14(10)8-12(26(17)2)9-15-16(21)5-4-13(18(15)22)19(27)28-3/h4-8H,9H2,1-3H3. The Morgan fingerprint density at radius 2 is 1.86 bits per heavy atom. The lowest BCUT2D eigenvalue weighted by atomic mass is 10.0. The predicted octanol–water partition coefficient (Wildman–Crippen LogP) is 6.19. The Bertz CT molecular complexity index is 1090. The average Bonchev–Trinajstić information content (AvgIpc) is 2.94. The lowest BCUT2D eigenvalue weighted by Crippen LogP contribution is -2.06. The van der Waals surface area contributed by atoms with Crippen molar-refractivity contribution in [1.29, 1.82) is 0 Å². The van der Waals surface area contributed by atoms with Crippen LogP contribution in [0.3, 0.4) is 0 Å². The number of rotatable bonds is 3. The topological polar surface area (TPSA) is 31.2 Å². The lowest BCUT2D eigenvalue weighted by molar-refractivity contribution is -0.137. The molecular weight excluding hydrogens is 414 g/mol. The maximum atomic E-state index is 13.2. The third-order valence-electron chi connectivity index (χ3n) is 4.74. The average molecular weight is 430 g/mol. The van der Waals surface area contributed by atoms with E-state index in [1.54, 1.807) is 24.6 Å². The molecular formula is C20H16Cl2F3NO2. The number of fused-ring (bicyclic) bond motifs is 1. The summed E-state index contributed by atoms with van der Waals surface area (Å²) in [5.74, 6) is -0.592. The highest BCUT2D eigenvalue weighted by atomic mass is 35.5. The van der Waals surface area contributed by atoms with E-state index in [1.807, 2.05) is 6.07 Å². The van der Waals surface area contributed by atoms with Crippen molar-refractivity contribution >= 4 is 40.1 Å². The molecule has 8 heteroatoms. The van der Waals surface area contributed by atoms with Gasteiger partial charge in [-0.2, -0.15) is 13.2 Å². The quantitative estimate of drug-likeness (QED) is 0.464. The minimum Gasteiger partial charge on any atom is -0.465 e. The molecule has 0 fully saturated rings. The second kappa shape index (κ2) is 7.33. The molecule has 0 N–H and O–H groups in total. The van der Waals surface area contributed by atoms with Gasteiger partial charge in [-0.25, -0.2) is 4.79 Å². The number of hydrogen-bond acceptors (Lipinski definition) is 2. The maximum absolute atomic E-state index is 13.2. The van der Waals surface area contributed by atoms with Gasteiger partial charge in [-0.1, -0.05) is 23.2 Å². The minimum atomic E-state index is -4.43. The van der Waals surface area contributed by atoms with E-state index in [2.05, 4.69) is 0 Å². The number of methoxy groups -OCH3 is 1. The molecule has 3 aromatic rings. The number of esters is 1. The number of ether oxygens (including phenoxy) is 1. The molecule has 0 spiro atoms. The second-order valence-corrected chi connectivity index (χ2v) is 7.26. The van der Waals surface area contributed by atoms with E-state index < -0.39 is 17.7 Å². The van der Waals surface area contributed by atoms with E-state index in [-0.39, 0.29) is 17.0 Å². The molecule has 0 radical (unpaired) electrons. The van der Waals surface area contributed by atoms with Crippen LogP contribution in [0, 0.1) is 6.92 Å². The van der Waals surface area contributed by atoms with Crippen molar-refractivity contribution in [2.75, 3.05) is 7.11 Å². The van der Waals surface area contributed by atoms with Crippen molar-refractivity contribution in [3.05, 3.63) is 68.3 Å². The number of nitrogens with zero attached hydrogens (tertiary/aromatic N) is 1. The Morgan fingerprint density at radius 3 is 2.46 bits per heavy atom. The third kappa shape index (κ3) is 3.59. The number of aryl methyl sites for hydroxylation is 2. The SMILES string of the molecule is COC(=O)c1ccc(Cl)c(Cc2cc3c(C)cc(C(F)(F)F)cc3n2C)c1Cl. The molecule has 0 aliphatic heterocycles. The zero-order chi connectivity index (χ0) is 20.8. The van der Waals surface area contributed by atoms with Gasteiger partial charge >= 0.3 is 12.1 Å². The summed E-state index contributed by atoms with van der Waals surface area (Å²) in [7, 11) is 2.93. The van der Waals surface area contributed by atoms with Crippen LogP contribution in [-0.4, -0.2) is 17.6 Å². The molecule has 0 aliphatic rings. The monoisotopic (exact) mass is 429 g/mol. The fourth-order valence-corrected chi connectivity index (χ4v) is 3.79. The van der Waals surface area contributed by atoms with Gasteiger partial charge in [-0.15, -0.1) is 0 Å². The van der Waals surface area contributed by atoms with Crippen LogP contribution in [0.5, 0.6) is 0 Å². The Kier molecular flexibility index (Phi) is 5.38. The van der Waals surface area contributed by atoms with Crippen molar-refractivity contribution in [2.45, 2.75) is 19.5 Å². The number of alkyl halides is 3. The number of carbonyl (C=O) groups is 1. The van der Waals surface area contributed by atoms with Crippen molar-refractivity contribution in [2.24, 2.45) is 7.05 Å². The van der Waals surface area contributed by atoms with Gasteiger partial charge in [0.05, 0.1) is 23.3 Å². The summed E-state index contributed by atoms with van der Waals surface area (Å²) in [6.07, 6.45) is -4.18. The van der Waals surface area contributed by atoms with Crippen molar-refractivity contribution in [3.8, 4) is 0 Å². The van der Waals surface area contributed by atoms with E-state index in [0.29, 0.717) is 32.7 Å². The Morgan fingerprint density at radius 1 is 1.18 bits per heavy atom. The largest absolute Gasteiger partial charge is 0.465 e. The van der Waals surface area contributed by atoms with Crippen molar-refractivity contribution < 1.29 is 22.7 Å². The van der Waals surface area contributed by atoms with Crippen LogP contribution in [0.1, 0.15) is 32.7 Å². The van der Waals surface area contributed by atoms with Crippen LogP contribution in [0.2, 0.25) is 10.0 Å². The van der Waals surface area contributed by atoms with Gasteiger partial charge in [0.15, 0.2) is 0 Å². The molecule has 148 valence electrons. The number of hydrogen-bond donors (Lipinski definition) is 0. The van der Waals surface area contributed by atoms with Crippen LogP contribution in [-0.2, 0) is 24.4 Å². The summed E-state index contributed by atoms with van der Waals surface area (Å²) in [4.78, 5) is 11.9. The number of carbonyl (C=O) groups excluding carboxylic acids is 1. The molecule has 0 atom stereocenters. The fourth-order valence-electron chi connectivity index (χ4n) is 3.20. The van der Waals surface area contributed by atoms with Gasteiger partial charge in [0, 0.05) is 35.1 Å². The number of halogens is 5. The molecule has 0 saturated carbocycles. The zero-order valence-electron chi connectivity index (χ0n) is 15.2. The van der Waals surface area contributed by atoms with Gasteiger partial charge in [0.25, 0.3) is 0 Å². The van der Waals surface area contributed by atoms with Gasteiger partial charge in [0.1, 0.15) is 0 Å². The van der Waals surface area contributed by atoms with E-state index in [0.717, 1.165) is 12.1 Å². The van der Waals surface area contributed by atoms with E-state index >= 15 is 0 Å². The van der Waals surface area contributed by atoms with E-state index in [1.165, 1.54) is 13.2 Å². The molecule has 0 bridgehead atoms. The summed E-state index contributed by atoms with van der Waals surface area (Å²) in [5.41, 5.74) is 1.67. The molecule has 1 aromatic heterocycles. The van der Waals surface area contributed by atoms with Gasteiger partial charge in [-0.3, -0.25) is 0 Å².